The molecule has 0 aromatic rings. The Hall–Kier alpha value is 0.427. The molecule has 0 fully saturated rings. The van der Waals surface area contributed by atoms with Crippen LogP contribution in [0.2, 0.25) is 13.1 Å². The van der Waals surface area contributed by atoms with Crippen molar-refractivity contribution in [3.05, 3.63) is 0 Å². The normalized spacial score (nSPS) is 15.7. The summed E-state index contributed by atoms with van der Waals surface area (Å²) in [6, 6.07) is 0. The second-order valence-electron chi connectivity index (χ2n) is 2.28. The summed E-state index contributed by atoms with van der Waals surface area (Å²) in [5.74, 6) is 0. The van der Waals surface area contributed by atoms with Gasteiger partial charge in [0.05, 0.1) is 0 Å². The van der Waals surface area contributed by atoms with E-state index >= 15 is 0 Å². The maximum Gasteiger partial charge on any atom is 0.286 e. The van der Waals surface area contributed by atoms with E-state index in [1.54, 1.807) is 7.11 Å². The summed E-state index contributed by atoms with van der Waals surface area (Å²) in [4.78, 5) is 0. The molecule has 0 heterocycles. The predicted octanol–water partition coefficient (Wildman–Crippen LogP) is 1.94. The summed E-state index contributed by atoms with van der Waals surface area (Å²) >= 11 is 5.84. The van der Waals surface area contributed by atoms with Crippen LogP contribution < -0.4 is 0 Å². The molecule has 2 nitrogen and oxygen atoms in total. The predicted molar refractivity (Wildman–Crippen MR) is 40.9 cm³/mol. The van der Waals surface area contributed by atoms with Crippen LogP contribution in [0.1, 0.15) is 6.92 Å². The zero-order valence-electron chi connectivity index (χ0n) is 6.27. The van der Waals surface area contributed by atoms with Gasteiger partial charge < -0.3 is 9.16 Å². The zero-order valence-corrected chi connectivity index (χ0v) is 8.03. The van der Waals surface area contributed by atoms with Crippen molar-refractivity contribution in [3.8, 4) is 0 Å². The highest BCUT2D eigenvalue weighted by molar-refractivity contribution is 7.15. The lowest BCUT2D eigenvalue weighted by molar-refractivity contribution is -0.0418. The van der Waals surface area contributed by atoms with Crippen molar-refractivity contribution < 1.29 is 9.16 Å². The van der Waals surface area contributed by atoms with Gasteiger partial charge in [-0.05, 0) is 20.0 Å². The first-order valence-corrected chi connectivity index (χ1v) is 6.77. The Kier molecular flexibility index (Phi) is 3.73. The maximum absolute atomic E-state index is 5.84. The lowest BCUT2D eigenvalue weighted by Crippen LogP contribution is -2.28. The minimum Gasteiger partial charge on any atom is -0.378 e. The van der Waals surface area contributed by atoms with Crippen LogP contribution in [0, 0.1) is 0 Å². The maximum atomic E-state index is 5.84. The summed E-state index contributed by atoms with van der Waals surface area (Å²) in [7, 11) is -0.295. The lowest BCUT2D eigenvalue weighted by atomic mass is 10.8. The molecule has 0 aromatic heterocycles. The van der Waals surface area contributed by atoms with Gasteiger partial charge in [0.1, 0.15) is 6.29 Å². The molecular formula is C5H13ClO2Si. The van der Waals surface area contributed by atoms with E-state index in [2.05, 4.69) is 0 Å². The van der Waals surface area contributed by atoms with Gasteiger partial charge in [-0.25, -0.2) is 0 Å². The molecule has 1 unspecified atom stereocenters. The van der Waals surface area contributed by atoms with Gasteiger partial charge in [0.2, 0.25) is 0 Å². The first-order valence-electron chi connectivity index (χ1n) is 2.85. The Labute approximate surface area is 61.9 Å². The van der Waals surface area contributed by atoms with E-state index in [0.717, 1.165) is 0 Å². The average Bonchev–Trinajstić information content (AvgIpc) is 1.62. The molecular weight excluding hydrogens is 156 g/mol. The second kappa shape index (κ2) is 3.56. The standard InChI is InChI=1S/C5H13ClO2Si/c1-5(7-2)8-9(3,4)6/h5H,1-4H3. The highest BCUT2D eigenvalue weighted by atomic mass is 35.6. The van der Waals surface area contributed by atoms with Gasteiger partial charge in [0.15, 0.2) is 0 Å². The average molecular weight is 169 g/mol. The van der Waals surface area contributed by atoms with Crippen molar-refractivity contribution >= 4 is 18.7 Å². The van der Waals surface area contributed by atoms with E-state index in [0.29, 0.717) is 0 Å². The smallest absolute Gasteiger partial charge is 0.286 e. The molecule has 1 atom stereocenters. The van der Waals surface area contributed by atoms with Gasteiger partial charge in [-0.2, -0.15) is 0 Å². The van der Waals surface area contributed by atoms with Crippen LogP contribution in [0.15, 0.2) is 0 Å². The molecule has 0 amide bonds. The van der Waals surface area contributed by atoms with Crippen LogP contribution in [-0.2, 0) is 9.16 Å². The van der Waals surface area contributed by atoms with Gasteiger partial charge in [-0.1, -0.05) is 0 Å². The summed E-state index contributed by atoms with van der Waals surface area (Å²) in [5.41, 5.74) is 0. The van der Waals surface area contributed by atoms with E-state index in [-0.39, 0.29) is 6.29 Å². The minimum absolute atomic E-state index is 0.177. The molecule has 0 spiro atoms. The van der Waals surface area contributed by atoms with E-state index in [4.69, 9.17) is 20.2 Å². The van der Waals surface area contributed by atoms with Crippen molar-refractivity contribution in [1.82, 2.24) is 0 Å². The molecule has 0 bridgehead atoms. The van der Waals surface area contributed by atoms with Crippen molar-refractivity contribution in [2.45, 2.75) is 26.3 Å². The van der Waals surface area contributed by atoms with E-state index in [1.165, 1.54) is 0 Å². The second-order valence-corrected chi connectivity index (χ2v) is 7.98. The first-order chi connectivity index (χ1) is 3.95. The molecule has 0 saturated heterocycles. The Morgan fingerprint density at radius 3 is 2.00 bits per heavy atom. The van der Waals surface area contributed by atoms with Gasteiger partial charge in [0.25, 0.3) is 7.63 Å². The van der Waals surface area contributed by atoms with Crippen molar-refractivity contribution in [2.75, 3.05) is 7.11 Å². The molecule has 4 heteroatoms. The lowest BCUT2D eigenvalue weighted by Gasteiger charge is -2.19. The number of rotatable bonds is 3. The third-order valence-electron chi connectivity index (χ3n) is 0.778. The van der Waals surface area contributed by atoms with Crippen LogP contribution in [-0.4, -0.2) is 21.0 Å². The Morgan fingerprint density at radius 1 is 1.44 bits per heavy atom. The van der Waals surface area contributed by atoms with Gasteiger partial charge in [0, 0.05) is 7.11 Å². The summed E-state index contributed by atoms with van der Waals surface area (Å²) in [5, 5.41) is 0. The monoisotopic (exact) mass is 168 g/mol. The highest BCUT2D eigenvalue weighted by Gasteiger charge is 2.21. The van der Waals surface area contributed by atoms with Gasteiger partial charge in [-0.15, -0.1) is 11.1 Å². The van der Waals surface area contributed by atoms with E-state index in [1.807, 2.05) is 20.0 Å². The van der Waals surface area contributed by atoms with Crippen molar-refractivity contribution in [3.63, 3.8) is 0 Å². The summed E-state index contributed by atoms with van der Waals surface area (Å²) in [6.45, 7) is 5.64. The number of halogens is 1. The Morgan fingerprint density at radius 2 is 1.89 bits per heavy atom. The van der Waals surface area contributed by atoms with Crippen LogP contribution in [0.25, 0.3) is 0 Å². The molecule has 0 rings (SSSR count). The Balaban J connectivity index is 3.47. The molecule has 9 heavy (non-hydrogen) atoms. The Bertz CT molecular complexity index is 81.5. The molecule has 0 radical (unpaired) electrons. The van der Waals surface area contributed by atoms with Crippen LogP contribution in [0.3, 0.4) is 0 Å². The topological polar surface area (TPSA) is 18.5 Å². The third-order valence-corrected chi connectivity index (χ3v) is 1.94. The molecule has 0 saturated carbocycles. The molecule has 0 aliphatic rings. The third kappa shape index (κ3) is 6.31. The molecule has 0 N–H and O–H groups in total. The van der Waals surface area contributed by atoms with Gasteiger partial charge >= 0.3 is 0 Å². The SMILES string of the molecule is COC(C)O[Si](C)(C)Cl. The first kappa shape index (κ1) is 9.43. The van der Waals surface area contributed by atoms with Gasteiger partial charge in [-0.3, -0.25) is 0 Å². The molecule has 56 valence electrons. The van der Waals surface area contributed by atoms with Crippen molar-refractivity contribution in [2.24, 2.45) is 0 Å². The van der Waals surface area contributed by atoms with E-state index < -0.39 is 7.63 Å². The fourth-order valence-corrected chi connectivity index (χ4v) is 1.70. The number of hydrogen-bond acceptors (Lipinski definition) is 2. The fraction of sp³-hybridized carbons (Fsp3) is 1.00. The van der Waals surface area contributed by atoms with Crippen molar-refractivity contribution in [1.29, 1.82) is 0 Å². The summed E-state index contributed by atoms with van der Waals surface area (Å²) in [6.07, 6.45) is -0.177. The molecule has 0 aliphatic heterocycles. The number of methoxy groups -OCH3 is 1. The quantitative estimate of drug-likeness (QED) is 0.364. The molecule has 0 aromatic carbocycles. The van der Waals surface area contributed by atoms with E-state index in [9.17, 15) is 0 Å². The van der Waals surface area contributed by atoms with Crippen LogP contribution >= 0.6 is 11.1 Å². The number of hydrogen-bond donors (Lipinski definition) is 0. The zero-order chi connectivity index (χ0) is 7.49. The largest absolute Gasteiger partial charge is 0.378 e. The molecule has 0 aliphatic carbocycles. The fourth-order valence-electron chi connectivity index (χ4n) is 0.443. The highest BCUT2D eigenvalue weighted by Crippen LogP contribution is 2.11. The van der Waals surface area contributed by atoms with Crippen LogP contribution in [0.4, 0.5) is 0 Å². The minimum atomic E-state index is -1.89. The summed E-state index contributed by atoms with van der Waals surface area (Å²) < 4.78 is 10.1. The van der Waals surface area contributed by atoms with Crippen LogP contribution in [0.5, 0.6) is 0 Å². The number of ether oxygens (including phenoxy) is 1.